The van der Waals surface area contributed by atoms with E-state index in [9.17, 15) is 4.79 Å². The lowest BCUT2D eigenvalue weighted by Gasteiger charge is -2.11. The summed E-state index contributed by atoms with van der Waals surface area (Å²) in [6, 6.07) is 13.0. The SMILES string of the molecule is C=CCOc1ccc(-c2nc3s/c(=C/c4ccc(OCC)c(OCC)c4)c(=O)n3n2)cc1. The summed E-state index contributed by atoms with van der Waals surface area (Å²) in [5, 5.41) is 4.40. The lowest BCUT2D eigenvalue weighted by molar-refractivity contribution is 0.287. The largest absolute Gasteiger partial charge is 0.490 e. The van der Waals surface area contributed by atoms with E-state index in [0.29, 0.717) is 46.6 Å². The standard InChI is InChI=1S/C24H23N3O4S/c1-4-13-31-18-10-8-17(9-11-18)22-25-24-27(26-22)23(28)21(32-24)15-16-7-12-19(29-5-2)20(14-16)30-6-3/h4,7-12,14-15H,1,5-6,13H2,2-3H3/b21-15+. The molecule has 2 aromatic heterocycles. The molecule has 0 bridgehead atoms. The van der Waals surface area contributed by atoms with Crippen molar-refractivity contribution < 1.29 is 14.2 Å². The maximum atomic E-state index is 12.9. The van der Waals surface area contributed by atoms with E-state index < -0.39 is 0 Å². The number of hydrogen-bond acceptors (Lipinski definition) is 7. The molecule has 2 aromatic carbocycles. The van der Waals surface area contributed by atoms with Crippen molar-refractivity contribution in [3.05, 3.63) is 75.6 Å². The Labute approximate surface area is 189 Å². The Morgan fingerprint density at radius 3 is 2.47 bits per heavy atom. The van der Waals surface area contributed by atoms with Gasteiger partial charge in [-0.05, 0) is 61.9 Å². The van der Waals surface area contributed by atoms with Gasteiger partial charge < -0.3 is 14.2 Å². The molecule has 0 aliphatic rings. The molecule has 7 nitrogen and oxygen atoms in total. The number of fused-ring (bicyclic) bond motifs is 1. The summed E-state index contributed by atoms with van der Waals surface area (Å²) >= 11 is 1.30. The first kappa shape index (κ1) is 21.6. The van der Waals surface area contributed by atoms with E-state index in [1.807, 2.05) is 62.4 Å². The molecule has 2 heterocycles. The smallest absolute Gasteiger partial charge is 0.291 e. The second-order valence-electron chi connectivity index (χ2n) is 6.74. The number of aromatic nitrogens is 3. The first-order chi connectivity index (χ1) is 15.6. The van der Waals surface area contributed by atoms with Crippen molar-refractivity contribution in [1.82, 2.24) is 14.6 Å². The molecule has 32 heavy (non-hydrogen) atoms. The summed E-state index contributed by atoms with van der Waals surface area (Å²) < 4.78 is 18.7. The average molecular weight is 450 g/mol. The first-order valence-electron chi connectivity index (χ1n) is 10.3. The number of rotatable bonds is 9. The van der Waals surface area contributed by atoms with E-state index in [1.54, 1.807) is 6.08 Å². The molecular formula is C24H23N3O4S. The van der Waals surface area contributed by atoms with Crippen LogP contribution in [-0.2, 0) is 0 Å². The maximum absolute atomic E-state index is 12.9. The second kappa shape index (κ2) is 9.65. The molecule has 4 aromatic rings. The van der Waals surface area contributed by atoms with Gasteiger partial charge in [-0.3, -0.25) is 4.79 Å². The van der Waals surface area contributed by atoms with Crippen LogP contribution in [0.1, 0.15) is 19.4 Å². The number of hydrogen-bond donors (Lipinski definition) is 0. The summed E-state index contributed by atoms with van der Waals surface area (Å²) in [5.41, 5.74) is 1.44. The van der Waals surface area contributed by atoms with Crippen LogP contribution in [0, 0.1) is 0 Å². The maximum Gasteiger partial charge on any atom is 0.291 e. The molecule has 0 spiro atoms. The number of nitrogens with zero attached hydrogens (tertiary/aromatic N) is 3. The van der Waals surface area contributed by atoms with E-state index in [2.05, 4.69) is 16.7 Å². The molecule has 4 rings (SSSR count). The molecule has 0 fully saturated rings. The van der Waals surface area contributed by atoms with Crippen LogP contribution in [-0.4, -0.2) is 34.4 Å². The Hall–Kier alpha value is -3.65. The summed E-state index contributed by atoms with van der Waals surface area (Å²) in [7, 11) is 0. The van der Waals surface area contributed by atoms with Crippen molar-refractivity contribution in [3.8, 4) is 28.6 Å². The van der Waals surface area contributed by atoms with Crippen LogP contribution >= 0.6 is 11.3 Å². The molecular weight excluding hydrogens is 426 g/mol. The van der Waals surface area contributed by atoms with Crippen LogP contribution in [0.2, 0.25) is 0 Å². The van der Waals surface area contributed by atoms with Gasteiger partial charge in [0.2, 0.25) is 4.96 Å². The molecule has 8 heteroatoms. The van der Waals surface area contributed by atoms with Gasteiger partial charge in [-0.15, -0.1) is 5.10 Å². The third-order valence-electron chi connectivity index (χ3n) is 4.53. The van der Waals surface area contributed by atoms with Crippen LogP contribution in [0.25, 0.3) is 22.4 Å². The summed E-state index contributed by atoms with van der Waals surface area (Å²) in [6.45, 7) is 8.99. The van der Waals surface area contributed by atoms with Crippen molar-refractivity contribution in [2.45, 2.75) is 13.8 Å². The fourth-order valence-corrected chi connectivity index (χ4v) is 4.03. The van der Waals surface area contributed by atoms with Crippen molar-refractivity contribution >= 4 is 22.4 Å². The lowest BCUT2D eigenvalue weighted by Crippen LogP contribution is -2.23. The first-order valence-corrected chi connectivity index (χ1v) is 11.1. The number of ether oxygens (including phenoxy) is 3. The highest BCUT2D eigenvalue weighted by molar-refractivity contribution is 7.15. The van der Waals surface area contributed by atoms with Crippen LogP contribution in [0.15, 0.2) is 59.9 Å². The van der Waals surface area contributed by atoms with E-state index in [4.69, 9.17) is 14.2 Å². The molecule has 0 saturated carbocycles. The summed E-state index contributed by atoms with van der Waals surface area (Å²) in [4.78, 5) is 18.0. The molecule has 0 saturated heterocycles. The van der Waals surface area contributed by atoms with Crippen molar-refractivity contribution in [2.24, 2.45) is 0 Å². The van der Waals surface area contributed by atoms with Crippen LogP contribution in [0.4, 0.5) is 0 Å². The fourth-order valence-electron chi connectivity index (χ4n) is 3.12. The zero-order valence-corrected chi connectivity index (χ0v) is 18.7. The normalized spacial score (nSPS) is 11.6. The van der Waals surface area contributed by atoms with Gasteiger partial charge in [0, 0.05) is 5.56 Å². The Kier molecular flexibility index (Phi) is 6.51. The second-order valence-corrected chi connectivity index (χ2v) is 7.75. The monoisotopic (exact) mass is 449 g/mol. The van der Waals surface area contributed by atoms with Gasteiger partial charge in [-0.2, -0.15) is 9.50 Å². The zero-order chi connectivity index (χ0) is 22.5. The van der Waals surface area contributed by atoms with E-state index in [0.717, 1.165) is 16.9 Å². The molecule has 0 N–H and O–H groups in total. The molecule has 0 radical (unpaired) electrons. The third-order valence-corrected chi connectivity index (χ3v) is 5.49. The van der Waals surface area contributed by atoms with Crippen LogP contribution in [0.5, 0.6) is 17.2 Å². The predicted octanol–water partition coefficient (Wildman–Crippen LogP) is 3.73. The van der Waals surface area contributed by atoms with Crippen LogP contribution < -0.4 is 24.3 Å². The Morgan fingerprint density at radius 1 is 1.03 bits per heavy atom. The average Bonchev–Trinajstić information content (AvgIpc) is 3.34. The van der Waals surface area contributed by atoms with E-state index >= 15 is 0 Å². The third kappa shape index (κ3) is 4.50. The Morgan fingerprint density at radius 2 is 1.78 bits per heavy atom. The minimum atomic E-state index is -0.207. The van der Waals surface area contributed by atoms with Gasteiger partial charge in [-0.1, -0.05) is 30.1 Å². The minimum absolute atomic E-state index is 0.207. The molecule has 0 amide bonds. The molecule has 0 aliphatic heterocycles. The molecule has 0 atom stereocenters. The Bertz CT molecular complexity index is 1340. The minimum Gasteiger partial charge on any atom is -0.490 e. The Balaban J connectivity index is 1.64. The van der Waals surface area contributed by atoms with E-state index in [-0.39, 0.29) is 5.56 Å². The van der Waals surface area contributed by atoms with Crippen molar-refractivity contribution in [3.63, 3.8) is 0 Å². The van der Waals surface area contributed by atoms with Gasteiger partial charge in [0.25, 0.3) is 5.56 Å². The highest BCUT2D eigenvalue weighted by atomic mass is 32.1. The van der Waals surface area contributed by atoms with E-state index in [1.165, 1.54) is 15.9 Å². The van der Waals surface area contributed by atoms with Crippen molar-refractivity contribution in [2.75, 3.05) is 19.8 Å². The van der Waals surface area contributed by atoms with Crippen LogP contribution in [0.3, 0.4) is 0 Å². The molecule has 164 valence electrons. The lowest BCUT2D eigenvalue weighted by atomic mass is 10.2. The zero-order valence-electron chi connectivity index (χ0n) is 17.9. The van der Waals surface area contributed by atoms with Crippen molar-refractivity contribution in [1.29, 1.82) is 0 Å². The highest BCUT2D eigenvalue weighted by Crippen LogP contribution is 2.29. The predicted molar refractivity (Wildman–Crippen MR) is 126 cm³/mol. The van der Waals surface area contributed by atoms with Gasteiger partial charge >= 0.3 is 0 Å². The fraction of sp³-hybridized carbons (Fsp3) is 0.208. The van der Waals surface area contributed by atoms with Gasteiger partial charge in [-0.25, -0.2) is 0 Å². The van der Waals surface area contributed by atoms with Gasteiger partial charge in [0.1, 0.15) is 12.4 Å². The molecule has 0 aliphatic carbocycles. The number of thiazole rings is 1. The summed E-state index contributed by atoms with van der Waals surface area (Å²) in [5.74, 6) is 2.56. The molecule has 0 unspecified atom stereocenters. The quantitative estimate of drug-likeness (QED) is 0.363. The highest BCUT2D eigenvalue weighted by Gasteiger charge is 2.13. The summed E-state index contributed by atoms with van der Waals surface area (Å²) in [6.07, 6.45) is 3.50. The van der Waals surface area contributed by atoms with Gasteiger partial charge in [0.05, 0.1) is 17.7 Å². The topological polar surface area (TPSA) is 75.0 Å². The van der Waals surface area contributed by atoms with Gasteiger partial charge in [0.15, 0.2) is 17.3 Å². The number of benzene rings is 2.